The topological polar surface area (TPSA) is 82.4 Å². The third kappa shape index (κ3) is 3.86. The maximum absolute atomic E-state index is 12.6. The number of fused-ring (bicyclic) bond motifs is 2. The van der Waals surface area contributed by atoms with Gasteiger partial charge in [-0.15, -0.1) is 0 Å². The Morgan fingerprint density at radius 1 is 1.31 bits per heavy atom. The van der Waals surface area contributed by atoms with Gasteiger partial charge in [-0.3, -0.25) is 9.48 Å². The lowest BCUT2D eigenvalue weighted by Gasteiger charge is -2.18. The first-order valence-corrected chi connectivity index (χ1v) is 10.1. The number of ether oxygens (including phenoxy) is 2. The molecule has 7 heteroatoms. The van der Waals surface area contributed by atoms with Crippen molar-refractivity contribution in [2.75, 3.05) is 7.11 Å². The van der Waals surface area contributed by atoms with Gasteiger partial charge in [0.15, 0.2) is 0 Å². The number of amides is 1. The molecular weight excluding hydrogens is 370 g/mol. The molecule has 0 aliphatic carbocycles. The molecule has 0 saturated carbocycles. The fraction of sp³-hybridized carbons (Fsp3) is 0.500. The second-order valence-electron chi connectivity index (χ2n) is 8.34. The number of nitrogens with one attached hydrogen (secondary N) is 1. The van der Waals surface area contributed by atoms with E-state index in [1.165, 1.54) is 7.11 Å². The summed E-state index contributed by atoms with van der Waals surface area (Å²) in [5.74, 6) is 0.294. The number of methoxy groups -OCH3 is 1. The largest absolute Gasteiger partial charge is 0.487 e. The second kappa shape index (κ2) is 7.54. The first-order valence-electron chi connectivity index (χ1n) is 10.1. The van der Waals surface area contributed by atoms with Crippen molar-refractivity contribution in [3.05, 3.63) is 46.3 Å². The van der Waals surface area contributed by atoms with E-state index < -0.39 is 5.97 Å². The summed E-state index contributed by atoms with van der Waals surface area (Å²) in [6.07, 6.45) is 3.92. The van der Waals surface area contributed by atoms with Crippen LogP contribution in [0.1, 0.15) is 59.6 Å². The molecule has 0 bridgehead atoms. The predicted octanol–water partition coefficient (Wildman–Crippen LogP) is 2.58. The highest BCUT2D eigenvalue weighted by atomic mass is 16.5. The average molecular weight is 397 g/mol. The molecule has 0 unspecified atom stereocenters. The van der Waals surface area contributed by atoms with E-state index in [1.807, 2.05) is 36.7 Å². The van der Waals surface area contributed by atoms with Crippen molar-refractivity contribution in [2.24, 2.45) is 0 Å². The summed E-state index contributed by atoms with van der Waals surface area (Å²) in [6, 6.07) is 5.93. The molecule has 2 aliphatic heterocycles. The monoisotopic (exact) mass is 397 g/mol. The van der Waals surface area contributed by atoms with Crippen LogP contribution < -0.4 is 10.1 Å². The van der Waals surface area contributed by atoms with Gasteiger partial charge in [-0.25, -0.2) is 4.79 Å². The molecule has 3 heterocycles. The van der Waals surface area contributed by atoms with Crippen molar-refractivity contribution in [3.8, 4) is 5.75 Å². The molecule has 0 atom stereocenters. The molecule has 29 heavy (non-hydrogen) atoms. The summed E-state index contributed by atoms with van der Waals surface area (Å²) in [5, 5.41) is 7.46. The number of esters is 1. The summed E-state index contributed by atoms with van der Waals surface area (Å²) in [5.41, 5.74) is 3.73. The van der Waals surface area contributed by atoms with Gasteiger partial charge in [-0.1, -0.05) is 18.2 Å². The van der Waals surface area contributed by atoms with Crippen LogP contribution in [0.2, 0.25) is 0 Å². The second-order valence-corrected chi connectivity index (χ2v) is 8.34. The Bertz CT molecular complexity index is 961. The average Bonchev–Trinajstić information content (AvgIpc) is 3.22. The van der Waals surface area contributed by atoms with E-state index in [9.17, 15) is 9.59 Å². The molecule has 1 amide bonds. The Labute approximate surface area is 170 Å². The van der Waals surface area contributed by atoms with Crippen LogP contribution >= 0.6 is 0 Å². The highest BCUT2D eigenvalue weighted by molar-refractivity contribution is 5.92. The van der Waals surface area contributed by atoms with Crippen LogP contribution in [-0.4, -0.2) is 34.4 Å². The molecule has 2 aromatic rings. The number of aromatic nitrogens is 2. The molecular formula is C22H27N3O4. The first-order chi connectivity index (χ1) is 13.9. The number of para-hydroxylation sites is 1. The van der Waals surface area contributed by atoms with Crippen LogP contribution in [0.4, 0.5) is 0 Å². The van der Waals surface area contributed by atoms with Gasteiger partial charge in [-0.2, -0.15) is 5.10 Å². The number of hydrogen-bond donors (Lipinski definition) is 1. The number of nitrogens with zero attached hydrogens (tertiary/aromatic N) is 2. The van der Waals surface area contributed by atoms with Crippen molar-refractivity contribution in [2.45, 2.75) is 64.6 Å². The lowest BCUT2D eigenvalue weighted by Crippen LogP contribution is -2.27. The van der Waals surface area contributed by atoms with Crippen LogP contribution in [0.15, 0.2) is 18.2 Å². The molecule has 1 aromatic carbocycles. The molecule has 4 rings (SSSR count). The van der Waals surface area contributed by atoms with E-state index in [-0.39, 0.29) is 24.5 Å². The maximum Gasteiger partial charge on any atom is 0.341 e. The standard InChI is InChI=1S/C22H27N3O4/c1-22(2)12-15-8-6-7-14(20(15)29-22)11-18(26)23-13-16-19(21(27)28-3)17-9-4-5-10-25(17)24-16/h6-8H,4-5,9-13H2,1-3H3,(H,23,26). The van der Waals surface area contributed by atoms with Crippen molar-refractivity contribution in [1.82, 2.24) is 15.1 Å². The fourth-order valence-corrected chi connectivity index (χ4v) is 4.24. The highest BCUT2D eigenvalue weighted by Crippen LogP contribution is 2.37. The van der Waals surface area contributed by atoms with E-state index in [1.54, 1.807) is 0 Å². The van der Waals surface area contributed by atoms with E-state index in [0.29, 0.717) is 11.3 Å². The van der Waals surface area contributed by atoms with E-state index in [4.69, 9.17) is 9.47 Å². The smallest absolute Gasteiger partial charge is 0.341 e. The van der Waals surface area contributed by atoms with Gasteiger partial charge in [-0.05, 0) is 38.7 Å². The Kier molecular flexibility index (Phi) is 5.06. The van der Waals surface area contributed by atoms with Crippen molar-refractivity contribution < 1.29 is 19.1 Å². The van der Waals surface area contributed by atoms with Crippen LogP contribution in [-0.2, 0) is 41.9 Å². The molecule has 1 aromatic heterocycles. The minimum atomic E-state index is -0.395. The van der Waals surface area contributed by atoms with Crippen molar-refractivity contribution in [3.63, 3.8) is 0 Å². The fourth-order valence-electron chi connectivity index (χ4n) is 4.24. The van der Waals surface area contributed by atoms with Gasteiger partial charge in [0.1, 0.15) is 16.9 Å². The molecule has 0 saturated heterocycles. The lowest BCUT2D eigenvalue weighted by atomic mass is 9.99. The number of aryl methyl sites for hydroxylation is 1. The van der Waals surface area contributed by atoms with Gasteiger partial charge in [0.05, 0.1) is 31.5 Å². The highest BCUT2D eigenvalue weighted by Gasteiger charge is 2.32. The summed E-state index contributed by atoms with van der Waals surface area (Å²) in [4.78, 5) is 24.9. The molecule has 1 N–H and O–H groups in total. The molecule has 0 radical (unpaired) electrons. The predicted molar refractivity (Wildman–Crippen MR) is 107 cm³/mol. The Balaban J connectivity index is 1.47. The third-order valence-corrected chi connectivity index (χ3v) is 5.53. The number of rotatable bonds is 5. The van der Waals surface area contributed by atoms with Gasteiger partial charge >= 0.3 is 5.97 Å². The van der Waals surface area contributed by atoms with Gasteiger partial charge in [0.2, 0.25) is 5.91 Å². The van der Waals surface area contributed by atoms with Crippen LogP contribution in [0.5, 0.6) is 5.75 Å². The molecule has 0 fully saturated rings. The summed E-state index contributed by atoms with van der Waals surface area (Å²) in [6.45, 7) is 5.08. The molecule has 0 spiro atoms. The minimum absolute atomic E-state index is 0.131. The summed E-state index contributed by atoms with van der Waals surface area (Å²) in [7, 11) is 1.37. The summed E-state index contributed by atoms with van der Waals surface area (Å²) >= 11 is 0. The zero-order chi connectivity index (χ0) is 20.6. The lowest BCUT2D eigenvalue weighted by molar-refractivity contribution is -0.120. The Hall–Kier alpha value is -2.83. The molecule has 7 nitrogen and oxygen atoms in total. The van der Waals surface area contributed by atoms with Crippen molar-refractivity contribution in [1.29, 1.82) is 0 Å². The first kappa shape index (κ1) is 19.5. The Morgan fingerprint density at radius 2 is 2.14 bits per heavy atom. The van der Waals surface area contributed by atoms with Crippen molar-refractivity contribution >= 4 is 11.9 Å². The van der Waals surface area contributed by atoms with Crippen LogP contribution in [0, 0.1) is 0 Å². The van der Waals surface area contributed by atoms with E-state index >= 15 is 0 Å². The molecule has 2 aliphatic rings. The van der Waals surface area contributed by atoms with Crippen LogP contribution in [0.25, 0.3) is 0 Å². The quantitative estimate of drug-likeness (QED) is 0.784. The zero-order valence-electron chi connectivity index (χ0n) is 17.2. The number of hydrogen-bond acceptors (Lipinski definition) is 5. The number of carbonyl (C=O) groups excluding carboxylic acids is 2. The number of carbonyl (C=O) groups is 2. The summed E-state index contributed by atoms with van der Waals surface area (Å²) < 4.78 is 12.9. The third-order valence-electron chi connectivity index (χ3n) is 5.53. The minimum Gasteiger partial charge on any atom is -0.487 e. The number of benzene rings is 1. The van der Waals surface area contributed by atoms with Gasteiger partial charge in [0.25, 0.3) is 0 Å². The molecule has 154 valence electrons. The normalized spacial score (nSPS) is 16.5. The van der Waals surface area contributed by atoms with Gasteiger partial charge in [0, 0.05) is 18.5 Å². The zero-order valence-corrected chi connectivity index (χ0v) is 17.2. The Morgan fingerprint density at radius 3 is 2.93 bits per heavy atom. The SMILES string of the molecule is COC(=O)c1c(CNC(=O)Cc2cccc3c2OC(C)(C)C3)nn2c1CCCC2. The maximum atomic E-state index is 12.6. The van der Waals surface area contributed by atoms with Crippen LogP contribution in [0.3, 0.4) is 0 Å². The van der Waals surface area contributed by atoms with Gasteiger partial charge < -0.3 is 14.8 Å². The van der Waals surface area contributed by atoms with E-state index in [0.717, 1.165) is 54.8 Å². The van der Waals surface area contributed by atoms with E-state index in [2.05, 4.69) is 10.4 Å².